The lowest BCUT2D eigenvalue weighted by atomic mass is 10.1. The van der Waals surface area contributed by atoms with Crippen molar-refractivity contribution in [2.24, 2.45) is 10.1 Å². The normalized spacial score (nSPS) is 16.4. The van der Waals surface area contributed by atoms with E-state index in [9.17, 15) is 0 Å². The first-order valence-corrected chi connectivity index (χ1v) is 4.71. The minimum absolute atomic E-state index is 0.816. The molecule has 14 heavy (non-hydrogen) atoms. The third-order valence-corrected chi connectivity index (χ3v) is 2.11. The molecule has 0 fully saturated rings. The molecule has 3 heteroatoms. The Morgan fingerprint density at radius 2 is 2.00 bits per heavy atom. The molecule has 0 spiro atoms. The smallest absolute Gasteiger partial charge is 0.108 e. The monoisotopic (exact) mass is 187 g/mol. The Morgan fingerprint density at radius 1 is 1.21 bits per heavy atom. The molecular weight excluding hydrogens is 174 g/mol. The van der Waals surface area contributed by atoms with E-state index in [4.69, 9.17) is 0 Å². The van der Waals surface area contributed by atoms with E-state index in [1.807, 2.05) is 48.6 Å². The summed E-state index contributed by atoms with van der Waals surface area (Å²) in [5.41, 5.74) is 2.05. The van der Waals surface area contributed by atoms with Crippen LogP contribution in [0.3, 0.4) is 0 Å². The average Bonchev–Trinajstić information content (AvgIpc) is 2.44. The zero-order chi connectivity index (χ0) is 9.80. The summed E-state index contributed by atoms with van der Waals surface area (Å²) in [6, 6.07) is 10.1. The highest BCUT2D eigenvalue weighted by molar-refractivity contribution is 6.38. The van der Waals surface area contributed by atoms with Gasteiger partial charge < -0.3 is 0 Å². The summed E-state index contributed by atoms with van der Waals surface area (Å²) in [6.07, 6.45) is 1.85. The van der Waals surface area contributed by atoms with Crippen molar-refractivity contribution in [3.63, 3.8) is 0 Å². The van der Waals surface area contributed by atoms with E-state index in [0.717, 1.165) is 24.4 Å². The Kier molecular flexibility index (Phi) is 2.58. The average molecular weight is 187 g/mol. The summed E-state index contributed by atoms with van der Waals surface area (Å²) in [6.45, 7) is 1.70. The van der Waals surface area contributed by atoms with Crippen molar-refractivity contribution >= 4 is 11.9 Å². The third kappa shape index (κ3) is 1.99. The number of benzene rings is 1. The summed E-state index contributed by atoms with van der Waals surface area (Å²) >= 11 is 0. The van der Waals surface area contributed by atoms with E-state index in [1.54, 1.807) is 0 Å². The molecular formula is C11H13N3. The predicted octanol–water partition coefficient (Wildman–Crippen LogP) is 1.41. The summed E-state index contributed by atoms with van der Waals surface area (Å²) in [5.74, 6) is 0. The maximum absolute atomic E-state index is 4.45. The van der Waals surface area contributed by atoms with Gasteiger partial charge in [-0.1, -0.05) is 30.3 Å². The van der Waals surface area contributed by atoms with E-state index in [-0.39, 0.29) is 0 Å². The first-order valence-electron chi connectivity index (χ1n) is 4.71. The molecule has 0 aliphatic carbocycles. The highest BCUT2D eigenvalue weighted by atomic mass is 15.4. The van der Waals surface area contributed by atoms with Crippen LogP contribution in [0.15, 0.2) is 40.4 Å². The third-order valence-electron chi connectivity index (χ3n) is 2.11. The van der Waals surface area contributed by atoms with Crippen molar-refractivity contribution < 1.29 is 0 Å². The van der Waals surface area contributed by atoms with Crippen LogP contribution in [0.1, 0.15) is 5.56 Å². The van der Waals surface area contributed by atoms with Crippen molar-refractivity contribution in [1.82, 2.24) is 5.01 Å². The summed E-state index contributed by atoms with van der Waals surface area (Å²) < 4.78 is 0. The molecule has 0 saturated carbocycles. The molecule has 0 saturated heterocycles. The SMILES string of the molecule is CN1CCN=CC(c2ccccc2)=N1. The lowest BCUT2D eigenvalue weighted by Gasteiger charge is -2.09. The standard InChI is InChI=1S/C11H13N3/c1-14-8-7-12-9-11(13-14)10-5-3-2-4-6-10/h2-6,9H,7-8H2,1H3. The minimum atomic E-state index is 0.816. The Morgan fingerprint density at radius 3 is 2.79 bits per heavy atom. The first-order chi connectivity index (χ1) is 6.86. The van der Waals surface area contributed by atoms with Gasteiger partial charge in [-0.25, -0.2) is 0 Å². The predicted molar refractivity (Wildman–Crippen MR) is 59.0 cm³/mol. The second-order valence-corrected chi connectivity index (χ2v) is 3.27. The zero-order valence-electron chi connectivity index (χ0n) is 8.22. The van der Waals surface area contributed by atoms with Gasteiger partial charge in [0.25, 0.3) is 0 Å². The Hall–Kier alpha value is -1.64. The van der Waals surface area contributed by atoms with Crippen molar-refractivity contribution in [3.8, 4) is 0 Å². The number of hydrazone groups is 1. The zero-order valence-corrected chi connectivity index (χ0v) is 8.22. The van der Waals surface area contributed by atoms with Gasteiger partial charge in [0.05, 0.1) is 13.1 Å². The highest BCUT2D eigenvalue weighted by Crippen LogP contribution is 2.03. The van der Waals surface area contributed by atoms with Crippen LogP contribution in [-0.4, -0.2) is 37.1 Å². The van der Waals surface area contributed by atoms with Crippen LogP contribution in [0, 0.1) is 0 Å². The van der Waals surface area contributed by atoms with Gasteiger partial charge in [-0.05, 0) is 0 Å². The van der Waals surface area contributed by atoms with Crippen molar-refractivity contribution in [3.05, 3.63) is 35.9 Å². The topological polar surface area (TPSA) is 28.0 Å². The maximum atomic E-state index is 4.45. The Balaban J connectivity index is 2.32. The molecule has 0 aromatic heterocycles. The van der Waals surface area contributed by atoms with E-state index in [1.165, 1.54) is 0 Å². The lowest BCUT2D eigenvalue weighted by Crippen LogP contribution is -2.15. The molecule has 1 aliphatic heterocycles. The fraction of sp³-hybridized carbons (Fsp3) is 0.273. The summed E-state index contributed by atoms with van der Waals surface area (Å²) in [7, 11) is 1.97. The molecule has 0 radical (unpaired) electrons. The number of hydrogen-bond donors (Lipinski definition) is 0. The molecule has 0 N–H and O–H groups in total. The van der Waals surface area contributed by atoms with Gasteiger partial charge in [-0.2, -0.15) is 5.10 Å². The van der Waals surface area contributed by atoms with Gasteiger partial charge >= 0.3 is 0 Å². The summed E-state index contributed by atoms with van der Waals surface area (Å²) in [5, 5.41) is 6.37. The number of hydrogen-bond acceptors (Lipinski definition) is 3. The molecule has 72 valence electrons. The summed E-state index contributed by atoms with van der Waals surface area (Å²) in [4.78, 5) is 4.28. The Bertz CT molecular complexity index is 354. The van der Waals surface area contributed by atoms with Crippen molar-refractivity contribution in [2.75, 3.05) is 20.1 Å². The molecule has 0 atom stereocenters. The first kappa shape index (κ1) is 8.94. The number of aliphatic imine (C=N–C) groups is 1. The van der Waals surface area contributed by atoms with Crippen LogP contribution in [0.25, 0.3) is 0 Å². The highest BCUT2D eigenvalue weighted by Gasteiger charge is 2.04. The van der Waals surface area contributed by atoms with Crippen LogP contribution in [0.4, 0.5) is 0 Å². The molecule has 0 unspecified atom stereocenters. The molecule has 1 aromatic rings. The fourth-order valence-electron chi connectivity index (χ4n) is 1.35. The van der Waals surface area contributed by atoms with Gasteiger partial charge in [-0.15, -0.1) is 0 Å². The largest absolute Gasteiger partial charge is 0.298 e. The maximum Gasteiger partial charge on any atom is 0.108 e. The fourth-order valence-corrected chi connectivity index (χ4v) is 1.35. The van der Waals surface area contributed by atoms with Gasteiger partial charge in [0.1, 0.15) is 5.71 Å². The molecule has 2 rings (SSSR count). The van der Waals surface area contributed by atoms with Crippen molar-refractivity contribution in [2.45, 2.75) is 0 Å². The van der Waals surface area contributed by atoms with Gasteiger partial charge in [0, 0.05) is 18.8 Å². The minimum Gasteiger partial charge on any atom is -0.298 e. The van der Waals surface area contributed by atoms with E-state index < -0.39 is 0 Å². The number of nitrogens with zero attached hydrogens (tertiary/aromatic N) is 3. The number of likely N-dealkylation sites (N-methyl/N-ethyl adjacent to an activating group) is 1. The van der Waals surface area contributed by atoms with Gasteiger partial charge in [-0.3, -0.25) is 10.0 Å². The quantitative estimate of drug-likeness (QED) is 0.653. The van der Waals surface area contributed by atoms with E-state index >= 15 is 0 Å². The van der Waals surface area contributed by atoms with Crippen LogP contribution < -0.4 is 0 Å². The van der Waals surface area contributed by atoms with E-state index in [2.05, 4.69) is 10.1 Å². The second kappa shape index (κ2) is 4.05. The van der Waals surface area contributed by atoms with Gasteiger partial charge in [0.2, 0.25) is 0 Å². The molecule has 1 aliphatic rings. The molecule has 1 heterocycles. The van der Waals surface area contributed by atoms with E-state index in [0.29, 0.717) is 0 Å². The molecule has 0 amide bonds. The lowest BCUT2D eigenvalue weighted by molar-refractivity contribution is 0.368. The Labute approximate surface area is 83.8 Å². The molecule has 1 aromatic carbocycles. The number of rotatable bonds is 1. The van der Waals surface area contributed by atoms with Crippen molar-refractivity contribution in [1.29, 1.82) is 0 Å². The second-order valence-electron chi connectivity index (χ2n) is 3.27. The molecule has 0 bridgehead atoms. The van der Waals surface area contributed by atoms with Crippen LogP contribution in [-0.2, 0) is 0 Å². The van der Waals surface area contributed by atoms with Gasteiger partial charge in [0.15, 0.2) is 0 Å². The molecule has 3 nitrogen and oxygen atoms in total. The van der Waals surface area contributed by atoms with Crippen LogP contribution in [0.5, 0.6) is 0 Å². The van der Waals surface area contributed by atoms with Crippen LogP contribution in [0.2, 0.25) is 0 Å². The van der Waals surface area contributed by atoms with Crippen LogP contribution >= 0.6 is 0 Å².